The SMILES string of the molecule is Cc1ccc2oc(C(O)c3ncc(Cl)s3)cc2c1. The topological polar surface area (TPSA) is 46.3 Å². The van der Waals surface area contributed by atoms with E-state index >= 15 is 0 Å². The van der Waals surface area contributed by atoms with E-state index < -0.39 is 6.10 Å². The molecule has 3 aromatic rings. The molecule has 3 rings (SSSR count). The van der Waals surface area contributed by atoms with E-state index in [1.54, 1.807) is 0 Å². The molecule has 0 bridgehead atoms. The predicted molar refractivity (Wildman–Crippen MR) is 72.1 cm³/mol. The van der Waals surface area contributed by atoms with Crippen molar-refractivity contribution in [2.75, 3.05) is 0 Å². The summed E-state index contributed by atoms with van der Waals surface area (Å²) in [7, 11) is 0. The molecule has 3 nitrogen and oxygen atoms in total. The Balaban J connectivity index is 2.03. The Hall–Kier alpha value is -1.36. The van der Waals surface area contributed by atoms with Gasteiger partial charge in [0.05, 0.1) is 6.20 Å². The first-order chi connectivity index (χ1) is 8.63. The van der Waals surface area contributed by atoms with Crippen molar-refractivity contribution in [2.24, 2.45) is 0 Å². The fourth-order valence-corrected chi connectivity index (χ4v) is 2.76. The second kappa shape index (κ2) is 4.39. The third-order valence-corrected chi connectivity index (χ3v) is 3.86. The van der Waals surface area contributed by atoms with Crippen molar-refractivity contribution in [3.63, 3.8) is 0 Å². The number of aryl methyl sites for hydroxylation is 1. The summed E-state index contributed by atoms with van der Waals surface area (Å²) >= 11 is 7.05. The number of hydrogen-bond donors (Lipinski definition) is 1. The summed E-state index contributed by atoms with van der Waals surface area (Å²) in [5, 5.41) is 11.7. The van der Waals surface area contributed by atoms with Crippen molar-refractivity contribution in [1.29, 1.82) is 0 Å². The number of furan rings is 1. The van der Waals surface area contributed by atoms with Gasteiger partial charge in [0, 0.05) is 5.39 Å². The zero-order chi connectivity index (χ0) is 12.7. The molecule has 2 heterocycles. The summed E-state index contributed by atoms with van der Waals surface area (Å²) in [4.78, 5) is 4.06. The molecule has 1 unspecified atom stereocenters. The van der Waals surface area contributed by atoms with Gasteiger partial charge in [-0.1, -0.05) is 23.2 Å². The number of rotatable bonds is 2. The van der Waals surface area contributed by atoms with Gasteiger partial charge in [0.1, 0.15) is 20.7 Å². The molecule has 92 valence electrons. The number of thiazole rings is 1. The number of fused-ring (bicyclic) bond motifs is 1. The molecule has 5 heteroatoms. The Morgan fingerprint density at radius 3 is 2.94 bits per heavy atom. The standard InChI is InChI=1S/C13H10ClNO2S/c1-7-2-3-9-8(4-7)5-10(17-9)12(16)13-15-6-11(14)18-13/h2-6,12,16H,1H3. The Morgan fingerprint density at radius 1 is 1.39 bits per heavy atom. The highest BCUT2D eigenvalue weighted by molar-refractivity contribution is 7.15. The summed E-state index contributed by atoms with van der Waals surface area (Å²) in [6, 6.07) is 7.73. The highest BCUT2D eigenvalue weighted by atomic mass is 35.5. The molecule has 0 saturated heterocycles. The molecule has 2 aromatic heterocycles. The largest absolute Gasteiger partial charge is 0.458 e. The normalized spacial score (nSPS) is 13.1. The van der Waals surface area contributed by atoms with Gasteiger partial charge in [-0.25, -0.2) is 4.98 Å². The third-order valence-electron chi connectivity index (χ3n) is 2.69. The fourth-order valence-electron chi connectivity index (χ4n) is 1.83. The van der Waals surface area contributed by atoms with Crippen LogP contribution in [-0.2, 0) is 0 Å². The van der Waals surface area contributed by atoms with Gasteiger partial charge in [-0.3, -0.25) is 0 Å². The minimum absolute atomic E-state index is 0.488. The molecule has 0 aliphatic rings. The van der Waals surface area contributed by atoms with Crippen LogP contribution in [0.25, 0.3) is 11.0 Å². The quantitative estimate of drug-likeness (QED) is 0.773. The van der Waals surface area contributed by atoms with Crippen LogP contribution in [0.4, 0.5) is 0 Å². The molecule has 18 heavy (non-hydrogen) atoms. The first kappa shape index (κ1) is 11.7. The van der Waals surface area contributed by atoms with E-state index in [9.17, 15) is 5.11 Å². The van der Waals surface area contributed by atoms with Gasteiger partial charge < -0.3 is 9.52 Å². The molecular formula is C13H10ClNO2S. The lowest BCUT2D eigenvalue weighted by Crippen LogP contribution is -1.96. The van der Waals surface area contributed by atoms with Crippen molar-refractivity contribution >= 4 is 33.9 Å². The summed E-state index contributed by atoms with van der Waals surface area (Å²) in [5.74, 6) is 0.488. The van der Waals surface area contributed by atoms with E-state index in [-0.39, 0.29) is 0 Å². The lowest BCUT2D eigenvalue weighted by atomic mass is 10.2. The Kier molecular flexibility index (Phi) is 2.86. The molecule has 0 aliphatic carbocycles. The average molecular weight is 280 g/mol. The maximum Gasteiger partial charge on any atom is 0.163 e. The third kappa shape index (κ3) is 2.03. The van der Waals surface area contributed by atoms with E-state index in [0.29, 0.717) is 15.1 Å². The van der Waals surface area contributed by atoms with E-state index in [1.165, 1.54) is 17.5 Å². The van der Waals surface area contributed by atoms with Crippen LogP contribution in [0, 0.1) is 6.92 Å². The van der Waals surface area contributed by atoms with Gasteiger partial charge in [0.2, 0.25) is 0 Å². The predicted octanol–water partition coefficient (Wildman–Crippen LogP) is 3.93. The number of hydrogen-bond acceptors (Lipinski definition) is 4. The molecule has 0 saturated carbocycles. The second-order valence-electron chi connectivity index (χ2n) is 4.10. The van der Waals surface area contributed by atoms with Crippen LogP contribution in [0.1, 0.15) is 22.4 Å². The number of aromatic nitrogens is 1. The van der Waals surface area contributed by atoms with Crippen LogP contribution in [-0.4, -0.2) is 10.1 Å². The number of nitrogens with zero attached hydrogens (tertiary/aromatic N) is 1. The average Bonchev–Trinajstić information content (AvgIpc) is 2.93. The summed E-state index contributed by atoms with van der Waals surface area (Å²) in [5.41, 5.74) is 1.92. The van der Waals surface area contributed by atoms with Crippen molar-refractivity contribution in [2.45, 2.75) is 13.0 Å². The first-order valence-corrected chi connectivity index (χ1v) is 6.62. The lowest BCUT2D eigenvalue weighted by molar-refractivity contribution is 0.192. The molecule has 0 fully saturated rings. The van der Waals surface area contributed by atoms with Crippen LogP contribution >= 0.6 is 22.9 Å². The first-order valence-electron chi connectivity index (χ1n) is 5.43. The summed E-state index contributed by atoms with van der Waals surface area (Å²) in [6.45, 7) is 2.02. The molecule has 0 aliphatic heterocycles. The minimum atomic E-state index is -0.866. The maximum absolute atomic E-state index is 10.2. The minimum Gasteiger partial charge on any atom is -0.458 e. The number of benzene rings is 1. The summed E-state index contributed by atoms with van der Waals surface area (Å²) < 4.78 is 6.17. The van der Waals surface area contributed by atoms with Crippen LogP contribution < -0.4 is 0 Å². The Labute approximate surface area is 113 Å². The zero-order valence-electron chi connectivity index (χ0n) is 9.55. The van der Waals surface area contributed by atoms with E-state index in [2.05, 4.69) is 4.98 Å². The van der Waals surface area contributed by atoms with Crippen molar-refractivity contribution in [3.8, 4) is 0 Å². The van der Waals surface area contributed by atoms with Crippen molar-refractivity contribution in [3.05, 3.63) is 51.1 Å². The van der Waals surface area contributed by atoms with Gasteiger partial charge in [-0.15, -0.1) is 11.3 Å². The number of aliphatic hydroxyl groups excluding tert-OH is 1. The van der Waals surface area contributed by atoms with Crippen molar-refractivity contribution in [1.82, 2.24) is 4.98 Å². The van der Waals surface area contributed by atoms with Crippen LogP contribution in [0.3, 0.4) is 0 Å². The van der Waals surface area contributed by atoms with Crippen molar-refractivity contribution < 1.29 is 9.52 Å². The van der Waals surface area contributed by atoms with Gasteiger partial charge in [-0.05, 0) is 25.1 Å². The molecule has 0 radical (unpaired) electrons. The van der Waals surface area contributed by atoms with Crippen LogP contribution in [0.2, 0.25) is 4.34 Å². The molecule has 0 spiro atoms. The van der Waals surface area contributed by atoms with Gasteiger partial charge >= 0.3 is 0 Å². The zero-order valence-corrected chi connectivity index (χ0v) is 11.1. The smallest absolute Gasteiger partial charge is 0.163 e. The molecule has 1 aromatic carbocycles. The van der Waals surface area contributed by atoms with Crippen LogP contribution in [0.15, 0.2) is 34.9 Å². The monoisotopic (exact) mass is 279 g/mol. The fraction of sp³-hybridized carbons (Fsp3) is 0.154. The molecule has 1 N–H and O–H groups in total. The van der Waals surface area contributed by atoms with Gasteiger partial charge in [0.15, 0.2) is 6.10 Å². The number of halogens is 1. The van der Waals surface area contributed by atoms with E-state index in [4.69, 9.17) is 16.0 Å². The highest BCUT2D eigenvalue weighted by Crippen LogP contribution is 2.31. The van der Waals surface area contributed by atoms with Gasteiger partial charge in [-0.2, -0.15) is 0 Å². The molecule has 0 amide bonds. The maximum atomic E-state index is 10.2. The second-order valence-corrected chi connectivity index (χ2v) is 5.79. The Morgan fingerprint density at radius 2 is 2.22 bits per heavy atom. The lowest BCUT2D eigenvalue weighted by Gasteiger charge is -2.01. The molecule has 1 atom stereocenters. The Bertz CT molecular complexity index is 704. The van der Waals surface area contributed by atoms with E-state index in [0.717, 1.165) is 16.5 Å². The molecular weight excluding hydrogens is 270 g/mol. The van der Waals surface area contributed by atoms with Crippen LogP contribution in [0.5, 0.6) is 0 Å². The van der Waals surface area contributed by atoms with E-state index in [1.807, 2.05) is 31.2 Å². The van der Waals surface area contributed by atoms with Gasteiger partial charge in [0.25, 0.3) is 0 Å². The highest BCUT2D eigenvalue weighted by Gasteiger charge is 2.18. The summed E-state index contributed by atoms with van der Waals surface area (Å²) in [6.07, 6.45) is 0.660. The number of aliphatic hydroxyl groups is 1.